The number of nitrogens with two attached hydrogens (primary N) is 1. The normalized spacial score (nSPS) is 10.4. The topological polar surface area (TPSA) is 61.5 Å². The van der Waals surface area contributed by atoms with Crippen LogP contribution in [0.2, 0.25) is 5.02 Å². The smallest absolute Gasteiger partial charge is 0.342 e. The van der Waals surface area contributed by atoms with Crippen molar-refractivity contribution in [3.63, 3.8) is 0 Å². The molecule has 0 saturated carbocycles. The molecule has 2 rings (SSSR count). The number of carbonyl (C=O) groups excluding carboxylic acids is 1. The molecule has 2 N–H and O–H groups in total. The Balaban J connectivity index is 2.14. The molecule has 0 saturated heterocycles. The molecule has 0 spiro atoms. The first-order valence-electron chi connectivity index (χ1n) is 6.53. The van der Waals surface area contributed by atoms with Gasteiger partial charge < -0.3 is 15.2 Å². The van der Waals surface area contributed by atoms with E-state index in [1.165, 1.54) is 10.9 Å². The van der Waals surface area contributed by atoms with Gasteiger partial charge in [0.25, 0.3) is 0 Å². The van der Waals surface area contributed by atoms with Crippen LogP contribution in [0.5, 0.6) is 5.75 Å². The SMILES string of the molecule is CCOC(=O)c1cc(N)cc(Cl)c1OCCc1cccs1. The van der Waals surface area contributed by atoms with Crippen molar-refractivity contribution >= 4 is 34.6 Å². The van der Waals surface area contributed by atoms with E-state index in [0.29, 0.717) is 23.1 Å². The summed E-state index contributed by atoms with van der Waals surface area (Å²) < 4.78 is 10.7. The van der Waals surface area contributed by atoms with Crippen molar-refractivity contribution in [3.8, 4) is 5.75 Å². The quantitative estimate of drug-likeness (QED) is 0.648. The fraction of sp³-hybridized carbons (Fsp3) is 0.267. The van der Waals surface area contributed by atoms with E-state index in [1.807, 2.05) is 17.5 Å². The summed E-state index contributed by atoms with van der Waals surface area (Å²) in [4.78, 5) is 13.2. The van der Waals surface area contributed by atoms with Gasteiger partial charge in [-0.25, -0.2) is 4.79 Å². The van der Waals surface area contributed by atoms with Crippen LogP contribution in [0.25, 0.3) is 0 Å². The molecule has 112 valence electrons. The summed E-state index contributed by atoms with van der Waals surface area (Å²) in [7, 11) is 0. The number of anilines is 1. The number of carbonyl (C=O) groups is 1. The van der Waals surface area contributed by atoms with Crippen LogP contribution in [-0.2, 0) is 11.2 Å². The molecule has 21 heavy (non-hydrogen) atoms. The summed E-state index contributed by atoms with van der Waals surface area (Å²) >= 11 is 7.79. The van der Waals surface area contributed by atoms with E-state index in [-0.39, 0.29) is 12.2 Å². The molecule has 0 aliphatic rings. The number of thiophene rings is 1. The van der Waals surface area contributed by atoms with Crippen molar-refractivity contribution < 1.29 is 14.3 Å². The molecule has 0 amide bonds. The van der Waals surface area contributed by atoms with Gasteiger partial charge in [0.05, 0.1) is 18.2 Å². The Morgan fingerprint density at radius 1 is 1.43 bits per heavy atom. The zero-order valence-electron chi connectivity index (χ0n) is 11.6. The first-order valence-corrected chi connectivity index (χ1v) is 7.79. The van der Waals surface area contributed by atoms with E-state index in [1.54, 1.807) is 24.3 Å². The monoisotopic (exact) mass is 325 g/mol. The molecule has 1 aromatic heterocycles. The number of ether oxygens (including phenoxy) is 2. The van der Waals surface area contributed by atoms with Crippen LogP contribution in [0.4, 0.5) is 5.69 Å². The zero-order valence-corrected chi connectivity index (χ0v) is 13.2. The van der Waals surface area contributed by atoms with Crippen LogP contribution >= 0.6 is 22.9 Å². The summed E-state index contributed by atoms with van der Waals surface area (Å²) in [6.45, 7) is 2.44. The van der Waals surface area contributed by atoms with E-state index in [4.69, 9.17) is 26.8 Å². The van der Waals surface area contributed by atoms with Crippen molar-refractivity contribution in [2.45, 2.75) is 13.3 Å². The second-order valence-electron chi connectivity index (χ2n) is 4.28. The van der Waals surface area contributed by atoms with Crippen molar-refractivity contribution in [3.05, 3.63) is 45.1 Å². The molecule has 2 aromatic rings. The maximum absolute atomic E-state index is 11.9. The first kappa shape index (κ1) is 15.7. The van der Waals surface area contributed by atoms with Crippen LogP contribution < -0.4 is 10.5 Å². The molecular weight excluding hydrogens is 310 g/mol. The van der Waals surface area contributed by atoms with Crippen LogP contribution in [-0.4, -0.2) is 19.2 Å². The van der Waals surface area contributed by atoms with Crippen LogP contribution in [0.1, 0.15) is 22.2 Å². The third-order valence-electron chi connectivity index (χ3n) is 2.74. The van der Waals surface area contributed by atoms with Crippen molar-refractivity contribution in [2.75, 3.05) is 18.9 Å². The lowest BCUT2D eigenvalue weighted by atomic mass is 10.1. The summed E-state index contributed by atoms with van der Waals surface area (Å²) in [6, 6.07) is 7.10. The fourth-order valence-electron chi connectivity index (χ4n) is 1.83. The lowest BCUT2D eigenvalue weighted by Gasteiger charge is -2.13. The molecule has 0 aliphatic heterocycles. The third-order valence-corrected chi connectivity index (χ3v) is 3.95. The Hall–Kier alpha value is -1.72. The minimum Gasteiger partial charge on any atom is -0.491 e. The lowest BCUT2D eigenvalue weighted by molar-refractivity contribution is 0.0522. The Labute approximate surface area is 132 Å². The molecule has 0 radical (unpaired) electrons. The summed E-state index contributed by atoms with van der Waals surface area (Å²) in [5, 5.41) is 2.32. The van der Waals surface area contributed by atoms with E-state index in [2.05, 4.69) is 0 Å². The van der Waals surface area contributed by atoms with Gasteiger partial charge in [-0.2, -0.15) is 0 Å². The number of esters is 1. The highest BCUT2D eigenvalue weighted by Gasteiger charge is 2.18. The van der Waals surface area contributed by atoms with Gasteiger partial charge in [-0.15, -0.1) is 11.3 Å². The minimum absolute atomic E-state index is 0.257. The van der Waals surface area contributed by atoms with E-state index in [9.17, 15) is 4.79 Å². The standard InChI is InChI=1S/C15H16ClNO3S/c1-2-19-15(18)12-8-10(17)9-13(16)14(12)20-6-5-11-4-3-7-21-11/h3-4,7-9H,2,5-6,17H2,1H3. The maximum Gasteiger partial charge on any atom is 0.342 e. The van der Waals surface area contributed by atoms with Crippen LogP contribution in [0.15, 0.2) is 29.6 Å². The van der Waals surface area contributed by atoms with Gasteiger partial charge in [-0.3, -0.25) is 0 Å². The van der Waals surface area contributed by atoms with E-state index in [0.717, 1.165) is 6.42 Å². The Morgan fingerprint density at radius 2 is 2.24 bits per heavy atom. The number of halogens is 1. The molecular formula is C15H16ClNO3S. The highest BCUT2D eigenvalue weighted by Crippen LogP contribution is 2.32. The summed E-state index contributed by atoms with van der Waals surface area (Å²) in [5.41, 5.74) is 6.38. The number of benzene rings is 1. The molecule has 0 atom stereocenters. The Bertz CT molecular complexity index is 614. The second kappa shape index (κ2) is 7.33. The van der Waals surface area contributed by atoms with E-state index >= 15 is 0 Å². The number of rotatable bonds is 6. The van der Waals surface area contributed by atoms with Crippen molar-refractivity contribution in [2.24, 2.45) is 0 Å². The van der Waals surface area contributed by atoms with Gasteiger partial charge in [0, 0.05) is 17.0 Å². The molecule has 0 unspecified atom stereocenters. The van der Waals surface area contributed by atoms with Gasteiger partial charge in [-0.05, 0) is 30.5 Å². The lowest BCUT2D eigenvalue weighted by Crippen LogP contribution is -2.10. The molecule has 0 fully saturated rings. The van der Waals surface area contributed by atoms with Gasteiger partial charge >= 0.3 is 5.97 Å². The van der Waals surface area contributed by atoms with Crippen molar-refractivity contribution in [1.29, 1.82) is 0 Å². The summed E-state index contributed by atoms with van der Waals surface area (Å²) in [6.07, 6.45) is 0.751. The van der Waals surface area contributed by atoms with Gasteiger partial charge in [0.15, 0.2) is 5.75 Å². The van der Waals surface area contributed by atoms with Gasteiger partial charge in [-0.1, -0.05) is 17.7 Å². The number of nitrogen functional groups attached to an aromatic ring is 1. The fourth-order valence-corrected chi connectivity index (χ4v) is 2.80. The molecule has 4 nitrogen and oxygen atoms in total. The van der Waals surface area contributed by atoms with Crippen molar-refractivity contribution in [1.82, 2.24) is 0 Å². The Kier molecular flexibility index (Phi) is 5.47. The zero-order chi connectivity index (χ0) is 15.2. The van der Waals surface area contributed by atoms with Crippen LogP contribution in [0.3, 0.4) is 0 Å². The average Bonchev–Trinajstić information content (AvgIpc) is 2.94. The summed E-state index contributed by atoms with van der Waals surface area (Å²) in [5.74, 6) is -0.168. The minimum atomic E-state index is -0.488. The average molecular weight is 326 g/mol. The predicted molar refractivity (Wildman–Crippen MR) is 85.3 cm³/mol. The largest absolute Gasteiger partial charge is 0.491 e. The molecule has 1 heterocycles. The third kappa shape index (κ3) is 4.12. The molecule has 0 aliphatic carbocycles. The number of hydrogen-bond acceptors (Lipinski definition) is 5. The number of hydrogen-bond donors (Lipinski definition) is 1. The maximum atomic E-state index is 11.9. The van der Waals surface area contributed by atoms with Gasteiger partial charge in [0.2, 0.25) is 0 Å². The first-order chi connectivity index (χ1) is 10.1. The highest BCUT2D eigenvalue weighted by molar-refractivity contribution is 7.09. The molecule has 1 aromatic carbocycles. The van der Waals surface area contributed by atoms with Crippen LogP contribution in [0, 0.1) is 0 Å². The Morgan fingerprint density at radius 3 is 2.90 bits per heavy atom. The molecule has 0 bridgehead atoms. The predicted octanol–water partition coefficient (Wildman–Crippen LogP) is 3.78. The van der Waals surface area contributed by atoms with Gasteiger partial charge in [0.1, 0.15) is 5.56 Å². The highest BCUT2D eigenvalue weighted by atomic mass is 35.5. The molecule has 6 heteroatoms. The van der Waals surface area contributed by atoms with E-state index < -0.39 is 5.97 Å². The second-order valence-corrected chi connectivity index (χ2v) is 5.72.